The van der Waals surface area contributed by atoms with Crippen molar-refractivity contribution in [2.24, 2.45) is 0 Å². The number of aromatic nitrogens is 4. The topological polar surface area (TPSA) is 118 Å². The molecule has 3 N–H and O–H groups in total. The van der Waals surface area contributed by atoms with Gasteiger partial charge in [-0.15, -0.1) is 0 Å². The minimum Gasteiger partial charge on any atom is -0.484 e. The maximum atomic E-state index is 12.1. The van der Waals surface area contributed by atoms with Gasteiger partial charge in [-0.2, -0.15) is 5.10 Å². The molecule has 1 saturated carbocycles. The molecule has 1 amide bonds. The van der Waals surface area contributed by atoms with Gasteiger partial charge in [0.2, 0.25) is 0 Å². The van der Waals surface area contributed by atoms with Gasteiger partial charge < -0.3 is 19.8 Å². The Morgan fingerprint density at radius 3 is 2.72 bits per heavy atom. The number of hydrogen-bond donors (Lipinski definition) is 3. The summed E-state index contributed by atoms with van der Waals surface area (Å²) >= 11 is 0. The van der Waals surface area contributed by atoms with Crippen LogP contribution < -0.4 is 15.4 Å². The number of rotatable bonds is 8. The molecule has 6 rings (SSSR count). The first-order valence-corrected chi connectivity index (χ1v) is 11.9. The third kappa shape index (κ3) is 4.63. The van der Waals surface area contributed by atoms with Crippen molar-refractivity contribution >= 4 is 28.5 Å². The van der Waals surface area contributed by atoms with Crippen LogP contribution >= 0.6 is 0 Å². The van der Waals surface area contributed by atoms with E-state index in [9.17, 15) is 4.79 Å². The van der Waals surface area contributed by atoms with Crippen molar-refractivity contribution in [1.29, 1.82) is 0 Å². The number of nitrogens with zero attached hydrogens (tertiary/aromatic N) is 3. The molecule has 0 atom stereocenters. The number of fused-ring (bicyclic) bond motifs is 1. The molecular formula is C27H24N6O3. The average molecular weight is 481 g/mol. The summed E-state index contributed by atoms with van der Waals surface area (Å²) in [6.07, 6.45) is 8.48. The molecular weight excluding hydrogens is 456 g/mol. The third-order valence-electron chi connectivity index (χ3n) is 6.22. The minimum absolute atomic E-state index is 0.0246. The van der Waals surface area contributed by atoms with Gasteiger partial charge in [0.05, 0.1) is 12.5 Å². The highest BCUT2D eigenvalue weighted by molar-refractivity contribution is 5.87. The van der Waals surface area contributed by atoms with E-state index in [4.69, 9.17) is 14.1 Å². The second-order valence-corrected chi connectivity index (χ2v) is 8.73. The number of anilines is 2. The summed E-state index contributed by atoms with van der Waals surface area (Å²) in [5.41, 5.74) is 4.95. The highest BCUT2D eigenvalue weighted by Gasteiger charge is 2.19. The zero-order valence-corrected chi connectivity index (χ0v) is 19.4. The van der Waals surface area contributed by atoms with Crippen LogP contribution in [0.15, 0.2) is 77.7 Å². The van der Waals surface area contributed by atoms with Crippen LogP contribution in [0.5, 0.6) is 5.75 Å². The van der Waals surface area contributed by atoms with Crippen LogP contribution in [-0.2, 0) is 4.79 Å². The van der Waals surface area contributed by atoms with Crippen molar-refractivity contribution in [3.8, 4) is 28.3 Å². The first kappa shape index (κ1) is 21.8. The summed E-state index contributed by atoms with van der Waals surface area (Å²) in [5, 5.41) is 13.2. The largest absolute Gasteiger partial charge is 0.484 e. The molecule has 0 bridgehead atoms. The standard InChI is InChI=1S/C27H24N6O3/c34-24(30-20-4-2-5-20)16-36-22-6-1-3-18(13-22)26-32-23-11-12-35-25(23)27(33-26)31-21-9-7-17(8-10-21)19-14-28-29-15-19/h1,3,6-15,20H,2,4-5,16H2,(H,28,29)(H,30,34)(H,31,32,33). The van der Waals surface area contributed by atoms with E-state index in [1.807, 2.05) is 54.7 Å². The van der Waals surface area contributed by atoms with Crippen molar-refractivity contribution in [1.82, 2.24) is 25.5 Å². The fourth-order valence-electron chi connectivity index (χ4n) is 4.06. The number of H-pyrrole nitrogens is 1. The molecule has 36 heavy (non-hydrogen) atoms. The second kappa shape index (κ2) is 9.53. The van der Waals surface area contributed by atoms with Gasteiger partial charge in [-0.1, -0.05) is 24.3 Å². The van der Waals surface area contributed by atoms with Gasteiger partial charge in [-0.05, 0) is 49.1 Å². The van der Waals surface area contributed by atoms with E-state index in [0.717, 1.165) is 35.2 Å². The maximum absolute atomic E-state index is 12.1. The third-order valence-corrected chi connectivity index (χ3v) is 6.22. The first-order valence-electron chi connectivity index (χ1n) is 11.9. The molecule has 1 aliphatic carbocycles. The summed E-state index contributed by atoms with van der Waals surface area (Å²) in [6.45, 7) is -0.0246. The summed E-state index contributed by atoms with van der Waals surface area (Å²) in [5.74, 6) is 1.55. The number of hydrogen-bond acceptors (Lipinski definition) is 7. The Hall–Kier alpha value is -4.66. The lowest BCUT2D eigenvalue weighted by Crippen LogP contribution is -2.41. The number of nitrogens with one attached hydrogen (secondary N) is 3. The SMILES string of the molecule is O=C(COc1cccc(-c2nc(Nc3ccc(-c4cn[nH]c4)cc3)c3occc3n2)c1)NC1CCC1. The summed E-state index contributed by atoms with van der Waals surface area (Å²) in [4.78, 5) is 21.5. The lowest BCUT2D eigenvalue weighted by Gasteiger charge is -2.26. The van der Waals surface area contributed by atoms with Gasteiger partial charge >= 0.3 is 0 Å². The Bertz CT molecular complexity index is 1490. The molecule has 0 spiro atoms. The molecule has 2 aromatic carbocycles. The van der Waals surface area contributed by atoms with Crippen LogP contribution in [0.4, 0.5) is 11.5 Å². The predicted octanol–water partition coefficient (Wildman–Crippen LogP) is 5.07. The molecule has 9 heteroatoms. The molecule has 3 aromatic heterocycles. The van der Waals surface area contributed by atoms with Gasteiger partial charge in [0.25, 0.3) is 5.91 Å². The van der Waals surface area contributed by atoms with Gasteiger partial charge in [0, 0.05) is 35.1 Å². The molecule has 180 valence electrons. The molecule has 1 aliphatic rings. The highest BCUT2D eigenvalue weighted by atomic mass is 16.5. The van der Waals surface area contributed by atoms with Crippen LogP contribution in [0, 0.1) is 0 Å². The smallest absolute Gasteiger partial charge is 0.258 e. The molecule has 9 nitrogen and oxygen atoms in total. The number of benzene rings is 2. The lowest BCUT2D eigenvalue weighted by atomic mass is 9.93. The number of carbonyl (C=O) groups excluding carboxylic acids is 1. The Kier molecular flexibility index (Phi) is 5.79. The minimum atomic E-state index is -0.105. The molecule has 5 aromatic rings. The molecule has 3 heterocycles. The number of aromatic amines is 1. The van der Waals surface area contributed by atoms with E-state index in [1.165, 1.54) is 6.42 Å². The molecule has 0 unspecified atom stereocenters. The van der Waals surface area contributed by atoms with Crippen molar-refractivity contribution < 1.29 is 13.9 Å². The van der Waals surface area contributed by atoms with Gasteiger partial charge in [-0.25, -0.2) is 9.97 Å². The van der Waals surface area contributed by atoms with Crippen molar-refractivity contribution in [2.45, 2.75) is 25.3 Å². The van der Waals surface area contributed by atoms with E-state index < -0.39 is 0 Å². The Morgan fingerprint density at radius 1 is 1.06 bits per heavy atom. The normalized spacial score (nSPS) is 13.3. The average Bonchev–Trinajstić information content (AvgIpc) is 3.58. The second-order valence-electron chi connectivity index (χ2n) is 8.73. The van der Waals surface area contributed by atoms with E-state index >= 15 is 0 Å². The fraction of sp³-hybridized carbons (Fsp3) is 0.185. The molecule has 0 aliphatic heterocycles. The van der Waals surface area contributed by atoms with E-state index in [0.29, 0.717) is 28.5 Å². The van der Waals surface area contributed by atoms with Gasteiger partial charge in [-0.3, -0.25) is 9.89 Å². The number of amides is 1. The number of furan rings is 1. The van der Waals surface area contributed by atoms with Crippen molar-refractivity contribution in [2.75, 3.05) is 11.9 Å². The zero-order valence-electron chi connectivity index (χ0n) is 19.4. The maximum Gasteiger partial charge on any atom is 0.258 e. The zero-order chi connectivity index (χ0) is 24.3. The Labute approximate surface area is 206 Å². The van der Waals surface area contributed by atoms with Crippen LogP contribution in [0.1, 0.15) is 19.3 Å². The van der Waals surface area contributed by atoms with Crippen molar-refractivity contribution in [3.63, 3.8) is 0 Å². The summed E-state index contributed by atoms with van der Waals surface area (Å²) < 4.78 is 11.4. The van der Waals surface area contributed by atoms with Crippen molar-refractivity contribution in [3.05, 3.63) is 73.3 Å². The first-order chi connectivity index (χ1) is 17.7. The lowest BCUT2D eigenvalue weighted by molar-refractivity contribution is -0.124. The molecule has 0 saturated heterocycles. The van der Waals surface area contributed by atoms with Crippen LogP contribution in [0.2, 0.25) is 0 Å². The summed E-state index contributed by atoms with van der Waals surface area (Å²) in [7, 11) is 0. The summed E-state index contributed by atoms with van der Waals surface area (Å²) in [6, 6.07) is 17.5. The van der Waals surface area contributed by atoms with E-state index in [2.05, 4.69) is 25.8 Å². The van der Waals surface area contributed by atoms with Crippen LogP contribution in [0.3, 0.4) is 0 Å². The quantitative estimate of drug-likeness (QED) is 0.284. The molecule has 0 radical (unpaired) electrons. The predicted molar refractivity (Wildman–Crippen MR) is 136 cm³/mol. The van der Waals surface area contributed by atoms with Crippen LogP contribution in [-0.4, -0.2) is 38.7 Å². The monoisotopic (exact) mass is 480 g/mol. The Morgan fingerprint density at radius 2 is 1.94 bits per heavy atom. The highest BCUT2D eigenvalue weighted by Crippen LogP contribution is 2.30. The molecule has 1 fully saturated rings. The van der Waals surface area contributed by atoms with E-state index in [-0.39, 0.29) is 18.6 Å². The van der Waals surface area contributed by atoms with Crippen LogP contribution in [0.25, 0.3) is 33.6 Å². The fourth-order valence-corrected chi connectivity index (χ4v) is 4.06. The Balaban J connectivity index is 1.22. The number of ether oxygens (including phenoxy) is 1. The van der Waals surface area contributed by atoms with E-state index in [1.54, 1.807) is 18.5 Å². The van der Waals surface area contributed by atoms with Gasteiger partial charge in [0.15, 0.2) is 23.8 Å². The number of carbonyl (C=O) groups is 1. The van der Waals surface area contributed by atoms with Gasteiger partial charge in [0.1, 0.15) is 11.3 Å².